The van der Waals surface area contributed by atoms with Crippen molar-refractivity contribution >= 4 is 29.3 Å². The molecule has 252 valence electrons. The number of allylic oxidation sites excluding steroid dienone is 2. The maximum atomic E-state index is 12.6. The van der Waals surface area contributed by atoms with Gasteiger partial charge < -0.3 is 21.0 Å². The average molecular weight is 642 g/mol. The van der Waals surface area contributed by atoms with Crippen LogP contribution >= 0.6 is 11.8 Å². The Morgan fingerprint density at radius 3 is 2.49 bits per heavy atom. The SMILES string of the molecule is CC1CCC(=O)NC1.CCC(C)=C(C(C)=N)C1CCSC1.CCC(C)CCCC(NC(=O)c1ccnn1CC)c1cnc(C)[nH]1. The molecule has 0 aromatic carbocycles. The van der Waals surface area contributed by atoms with Crippen LogP contribution in [0.3, 0.4) is 0 Å². The van der Waals surface area contributed by atoms with Crippen molar-refractivity contribution in [2.45, 2.75) is 119 Å². The molecule has 4 rings (SSSR count). The summed E-state index contributed by atoms with van der Waals surface area (Å²) in [7, 11) is 0. The van der Waals surface area contributed by atoms with Gasteiger partial charge in [0.25, 0.3) is 5.91 Å². The summed E-state index contributed by atoms with van der Waals surface area (Å²) < 4.78 is 1.71. The van der Waals surface area contributed by atoms with E-state index >= 15 is 0 Å². The van der Waals surface area contributed by atoms with Gasteiger partial charge in [0.05, 0.1) is 17.9 Å². The number of rotatable bonds is 12. The standard InChI is InChI=1S/C18H29N5O.C11H19NS.C6H11NO/c1-5-13(3)8-7-9-15(16-12-19-14(4)21-16)22-18(24)17-10-11-20-23(17)6-2;1-4-8(2)11(9(3)12)10-5-6-13-7-10;1-5-2-3-6(8)7-4-5/h10-13,15H,5-9H2,1-4H3,(H,19,21)(H,22,24);10,12H,4-7H2,1-3H3;5H,2-4H2,1H3,(H,7,8). The number of imidazole rings is 1. The number of thioether (sulfide) groups is 1. The first-order valence-corrected chi connectivity index (χ1v) is 18.1. The first-order chi connectivity index (χ1) is 21.5. The maximum absolute atomic E-state index is 12.6. The Balaban J connectivity index is 0.000000278. The molecule has 4 heterocycles. The predicted molar refractivity (Wildman–Crippen MR) is 188 cm³/mol. The summed E-state index contributed by atoms with van der Waals surface area (Å²) in [5.74, 6) is 5.56. The van der Waals surface area contributed by atoms with Gasteiger partial charge in [-0.1, -0.05) is 52.5 Å². The van der Waals surface area contributed by atoms with Crippen molar-refractivity contribution in [3.05, 3.63) is 46.8 Å². The van der Waals surface area contributed by atoms with Gasteiger partial charge >= 0.3 is 0 Å². The second kappa shape index (κ2) is 20.3. The van der Waals surface area contributed by atoms with E-state index in [0.717, 1.165) is 55.9 Å². The zero-order chi connectivity index (χ0) is 33.4. The van der Waals surface area contributed by atoms with E-state index in [1.54, 1.807) is 16.9 Å². The summed E-state index contributed by atoms with van der Waals surface area (Å²) in [6, 6.07) is 1.70. The highest BCUT2D eigenvalue weighted by Crippen LogP contribution is 2.32. The van der Waals surface area contributed by atoms with E-state index in [1.165, 1.54) is 41.9 Å². The molecule has 2 fully saturated rings. The van der Waals surface area contributed by atoms with Crippen LogP contribution in [0.25, 0.3) is 0 Å². The van der Waals surface area contributed by atoms with Crippen molar-refractivity contribution in [1.29, 1.82) is 5.41 Å². The number of nitrogens with zero attached hydrogens (tertiary/aromatic N) is 3. The Labute approximate surface area is 276 Å². The van der Waals surface area contributed by atoms with Crippen LogP contribution in [0.5, 0.6) is 0 Å². The van der Waals surface area contributed by atoms with Crippen molar-refractivity contribution in [3.8, 4) is 0 Å². The van der Waals surface area contributed by atoms with Crippen molar-refractivity contribution in [3.63, 3.8) is 0 Å². The predicted octanol–water partition coefficient (Wildman–Crippen LogP) is 7.66. The fourth-order valence-electron chi connectivity index (χ4n) is 5.59. The van der Waals surface area contributed by atoms with Crippen LogP contribution < -0.4 is 10.6 Å². The van der Waals surface area contributed by atoms with Crippen LogP contribution in [0.4, 0.5) is 0 Å². The van der Waals surface area contributed by atoms with Gasteiger partial charge in [-0.2, -0.15) is 16.9 Å². The lowest BCUT2D eigenvalue weighted by Gasteiger charge is -2.18. The van der Waals surface area contributed by atoms with Crippen LogP contribution in [-0.4, -0.2) is 55.3 Å². The molecule has 0 saturated carbocycles. The summed E-state index contributed by atoms with van der Waals surface area (Å²) in [5, 5.41) is 17.9. The number of aromatic amines is 1. The van der Waals surface area contributed by atoms with Gasteiger partial charge in [-0.05, 0) is 88.5 Å². The monoisotopic (exact) mass is 641 g/mol. The van der Waals surface area contributed by atoms with E-state index in [9.17, 15) is 9.59 Å². The molecule has 0 bridgehead atoms. The highest BCUT2D eigenvalue weighted by Gasteiger charge is 2.22. The molecule has 2 aliphatic heterocycles. The molecule has 0 radical (unpaired) electrons. The average Bonchev–Trinajstić information content (AvgIpc) is 3.81. The van der Waals surface area contributed by atoms with Gasteiger partial charge in [0.1, 0.15) is 11.5 Å². The third-order valence-corrected chi connectivity index (χ3v) is 9.95. The number of amides is 2. The Morgan fingerprint density at radius 1 is 1.22 bits per heavy atom. The van der Waals surface area contributed by atoms with E-state index in [-0.39, 0.29) is 17.9 Å². The van der Waals surface area contributed by atoms with Crippen molar-refractivity contribution in [1.82, 2.24) is 30.4 Å². The van der Waals surface area contributed by atoms with Crippen LogP contribution in [-0.2, 0) is 11.3 Å². The Bertz CT molecular complexity index is 1220. The molecule has 2 aromatic rings. The summed E-state index contributed by atoms with van der Waals surface area (Å²) in [4.78, 5) is 30.7. The third-order valence-electron chi connectivity index (χ3n) is 8.78. The van der Waals surface area contributed by atoms with Gasteiger partial charge in [-0.3, -0.25) is 14.3 Å². The molecule has 2 amide bonds. The van der Waals surface area contributed by atoms with Gasteiger partial charge in [0.15, 0.2) is 0 Å². The molecule has 0 aliphatic carbocycles. The molecule has 2 aliphatic rings. The minimum absolute atomic E-state index is 0.0528. The number of piperidine rings is 1. The molecule has 0 spiro atoms. The fourth-order valence-corrected chi connectivity index (χ4v) is 6.83. The first-order valence-electron chi connectivity index (χ1n) is 16.9. The van der Waals surface area contributed by atoms with Gasteiger partial charge in [-0.25, -0.2) is 4.98 Å². The number of nitrogens with one attached hydrogen (secondary N) is 4. The first kappa shape index (κ1) is 38.3. The van der Waals surface area contributed by atoms with E-state index < -0.39 is 0 Å². The van der Waals surface area contributed by atoms with Gasteiger partial charge in [0.2, 0.25) is 5.91 Å². The minimum atomic E-state index is -0.0878. The number of aromatic nitrogens is 4. The fraction of sp³-hybridized carbons (Fsp3) is 0.686. The van der Waals surface area contributed by atoms with Crippen LogP contribution in [0.1, 0.15) is 128 Å². The quantitative estimate of drug-likeness (QED) is 0.177. The third kappa shape index (κ3) is 13.2. The van der Waals surface area contributed by atoms with E-state index in [2.05, 4.69) is 60.3 Å². The Hall–Kier alpha value is -2.88. The summed E-state index contributed by atoms with van der Waals surface area (Å²) >= 11 is 2.02. The molecule has 10 heteroatoms. The molecule has 45 heavy (non-hydrogen) atoms. The molecular weight excluding hydrogens is 582 g/mol. The number of hydrogen-bond acceptors (Lipinski definition) is 6. The summed E-state index contributed by atoms with van der Waals surface area (Å²) in [6.07, 6.45) is 12.0. The lowest BCUT2D eigenvalue weighted by molar-refractivity contribution is -0.122. The highest BCUT2D eigenvalue weighted by atomic mass is 32.2. The number of carbonyl (C=O) groups excluding carboxylic acids is 2. The highest BCUT2D eigenvalue weighted by molar-refractivity contribution is 7.99. The Kier molecular flexibility index (Phi) is 17.3. The molecule has 2 saturated heterocycles. The van der Waals surface area contributed by atoms with Crippen LogP contribution in [0, 0.1) is 30.1 Å². The number of aryl methyl sites for hydroxylation is 2. The number of carbonyl (C=O) groups is 2. The molecule has 4 atom stereocenters. The number of H-pyrrole nitrogens is 1. The second-order valence-corrected chi connectivity index (χ2v) is 13.8. The van der Waals surface area contributed by atoms with E-state index in [1.807, 2.05) is 38.7 Å². The molecule has 4 unspecified atom stereocenters. The topological polar surface area (TPSA) is 129 Å². The smallest absolute Gasteiger partial charge is 0.270 e. The summed E-state index contributed by atoms with van der Waals surface area (Å²) in [6.45, 7) is 18.4. The largest absolute Gasteiger partial charge is 0.356 e. The van der Waals surface area contributed by atoms with E-state index in [4.69, 9.17) is 5.41 Å². The molecule has 4 N–H and O–H groups in total. The zero-order valence-corrected chi connectivity index (χ0v) is 29.9. The lowest BCUT2D eigenvalue weighted by atomic mass is 9.90. The molecule has 2 aromatic heterocycles. The van der Waals surface area contributed by atoms with Crippen LogP contribution in [0.15, 0.2) is 29.6 Å². The van der Waals surface area contributed by atoms with E-state index in [0.29, 0.717) is 30.0 Å². The minimum Gasteiger partial charge on any atom is -0.356 e. The van der Waals surface area contributed by atoms with Gasteiger partial charge in [0, 0.05) is 37.2 Å². The molecule has 9 nitrogen and oxygen atoms in total. The normalized spacial score (nSPS) is 19.6. The van der Waals surface area contributed by atoms with Crippen molar-refractivity contribution in [2.75, 3.05) is 18.1 Å². The maximum Gasteiger partial charge on any atom is 0.270 e. The van der Waals surface area contributed by atoms with Crippen molar-refractivity contribution < 1.29 is 9.59 Å². The Morgan fingerprint density at radius 2 is 1.98 bits per heavy atom. The molecular formula is C35H59N7O2S. The number of hydrogen-bond donors (Lipinski definition) is 4. The van der Waals surface area contributed by atoms with Crippen molar-refractivity contribution in [2.24, 2.45) is 17.8 Å². The lowest BCUT2D eigenvalue weighted by Crippen LogP contribution is -2.33. The summed E-state index contributed by atoms with van der Waals surface area (Å²) in [5.41, 5.74) is 5.10. The van der Waals surface area contributed by atoms with Crippen LogP contribution in [0.2, 0.25) is 0 Å². The van der Waals surface area contributed by atoms with Gasteiger partial charge in [-0.15, -0.1) is 0 Å². The zero-order valence-electron chi connectivity index (χ0n) is 29.1. The second-order valence-electron chi connectivity index (χ2n) is 12.6.